The molecular formula is C15H19NOS. The van der Waals surface area contributed by atoms with Crippen molar-refractivity contribution in [1.82, 2.24) is 0 Å². The van der Waals surface area contributed by atoms with Crippen molar-refractivity contribution in [2.24, 2.45) is 5.92 Å². The zero-order valence-electron chi connectivity index (χ0n) is 11.6. The van der Waals surface area contributed by atoms with Crippen molar-refractivity contribution >= 4 is 28.8 Å². The first-order valence-corrected chi connectivity index (χ1v) is 6.67. The first-order chi connectivity index (χ1) is 8.28. The van der Waals surface area contributed by atoms with Crippen LogP contribution in [0.2, 0.25) is 0 Å². The molecule has 0 fully saturated rings. The van der Waals surface area contributed by atoms with Crippen molar-refractivity contribution in [3.8, 4) is 0 Å². The summed E-state index contributed by atoms with van der Waals surface area (Å²) >= 11 is 5.54. The number of rotatable bonds is 1. The Morgan fingerprint density at radius 1 is 1.33 bits per heavy atom. The number of benzene rings is 1. The lowest BCUT2D eigenvalue weighted by atomic mass is 9.86. The van der Waals surface area contributed by atoms with E-state index in [4.69, 9.17) is 12.2 Å². The van der Waals surface area contributed by atoms with Gasteiger partial charge in [-0.05, 0) is 31.9 Å². The molecule has 0 saturated carbocycles. The SMILES string of the molecule is Cc1cccc2c1N(C(=O)C(C)C)C(=S)C2(C)C. The number of carbonyl (C=O) groups excluding carboxylic acids is 1. The average molecular weight is 261 g/mol. The van der Waals surface area contributed by atoms with Gasteiger partial charge in [-0.15, -0.1) is 0 Å². The number of carbonyl (C=O) groups is 1. The summed E-state index contributed by atoms with van der Waals surface area (Å²) in [7, 11) is 0. The number of fused-ring (bicyclic) bond motifs is 1. The molecule has 1 aromatic carbocycles. The van der Waals surface area contributed by atoms with E-state index in [1.54, 1.807) is 4.90 Å². The monoisotopic (exact) mass is 261 g/mol. The molecule has 3 heteroatoms. The van der Waals surface area contributed by atoms with Crippen LogP contribution < -0.4 is 4.90 Å². The van der Waals surface area contributed by atoms with Crippen LogP contribution in [0.15, 0.2) is 18.2 Å². The van der Waals surface area contributed by atoms with Gasteiger partial charge in [0.2, 0.25) is 5.91 Å². The number of para-hydroxylation sites is 1. The molecule has 2 rings (SSSR count). The van der Waals surface area contributed by atoms with E-state index in [0.29, 0.717) is 4.99 Å². The van der Waals surface area contributed by atoms with Gasteiger partial charge in [0.15, 0.2) is 0 Å². The standard InChI is InChI=1S/C15H19NOS/c1-9(2)13(17)16-12-10(3)7-6-8-11(12)15(4,5)14(16)18/h6-9H,1-5H3. The second-order valence-electron chi connectivity index (χ2n) is 5.73. The summed E-state index contributed by atoms with van der Waals surface area (Å²) in [6, 6.07) is 6.13. The molecule has 1 heterocycles. The lowest BCUT2D eigenvalue weighted by Crippen LogP contribution is -2.41. The maximum atomic E-state index is 12.4. The van der Waals surface area contributed by atoms with Gasteiger partial charge in [-0.1, -0.05) is 44.3 Å². The largest absolute Gasteiger partial charge is 0.274 e. The van der Waals surface area contributed by atoms with Crippen molar-refractivity contribution in [3.63, 3.8) is 0 Å². The number of nitrogens with zero attached hydrogens (tertiary/aromatic N) is 1. The van der Waals surface area contributed by atoms with Gasteiger partial charge < -0.3 is 0 Å². The van der Waals surface area contributed by atoms with Crippen molar-refractivity contribution in [3.05, 3.63) is 29.3 Å². The molecule has 0 aliphatic carbocycles. The minimum absolute atomic E-state index is 0.0516. The maximum Gasteiger partial charge on any atom is 0.234 e. The molecule has 96 valence electrons. The van der Waals surface area contributed by atoms with Crippen molar-refractivity contribution in [2.75, 3.05) is 4.90 Å². The molecule has 2 nitrogen and oxygen atoms in total. The van der Waals surface area contributed by atoms with Crippen molar-refractivity contribution < 1.29 is 4.79 Å². The highest BCUT2D eigenvalue weighted by Gasteiger charge is 2.44. The first-order valence-electron chi connectivity index (χ1n) is 6.27. The molecule has 0 bridgehead atoms. The topological polar surface area (TPSA) is 20.3 Å². The molecule has 0 aromatic heterocycles. The van der Waals surface area contributed by atoms with Gasteiger partial charge in [-0.2, -0.15) is 0 Å². The number of hydrogen-bond acceptors (Lipinski definition) is 2. The molecule has 0 atom stereocenters. The lowest BCUT2D eigenvalue weighted by Gasteiger charge is -2.24. The van der Waals surface area contributed by atoms with Crippen molar-refractivity contribution in [1.29, 1.82) is 0 Å². The highest BCUT2D eigenvalue weighted by Crippen LogP contribution is 2.44. The Morgan fingerprint density at radius 3 is 2.50 bits per heavy atom. The molecule has 0 unspecified atom stereocenters. The predicted octanol–water partition coefficient (Wildman–Crippen LogP) is 3.60. The number of anilines is 1. The van der Waals surface area contributed by atoms with E-state index in [9.17, 15) is 4.79 Å². The predicted molar refractivity (Wildman–Crippen MR) is 79.1 cm³/mol. The van der Waals surface area contributed by atoms with E-state index >= 15 is 0 Å². The van der Waals surface area contributed by atoms with Crippen LogP contribution >= 0.6 is 12.2 Å². The van der Waals surface area contributed by atoms with E-state index in [-0.39, 0.29) is 17.2 Å². The first kappa shape index (κ1) is 13.2. The second-order valence-corrected chi connectivity index (χ2v) is 6.12. The van der Waals surface area contributed by atoms with Crippen LogP contribution in [-0.4, -0.2) is 10.9 Å². The molecule has 0 N–H and O–H groups in total. The lowest BCUT2D eigenvalue weighted by molar-refractivity contribution is -0.120. The third-order valence-corrected chi connectivity index (χ3v) is 4.28. The fraction of sp³-hybridized carbons (Fsp3) is 0.467. The summed E-state index contributed by atoms with van der Waals surface area (Å²) in [5.74, 6) is 0.0328. The normalized spacial score (nSPS) is 17.2. The summed E-state index contributed by atoms with van der Waals surface area (Å²) in [6.45, 7) is 10.0. The van der Waals surface area contributed by atoms with Crippen LogP contribution in [-0.2, 0) is 10.2 Å². The Bertz CT molecular complexity index is 531. The number of hydrogen-bond donors (Lipinski definition) is 0. The zero-order valence-corrected chi connectivity index (χ0v) is 12.4. The fourth-order valence-corrected chi connectivity index (χ4v) is 2.72. The molecule has 0 saturated heterocycles. The third-order valence-electron chi connectivity index (χ3n) is 3.59. The Hall–Kier alpha value is -1.22. The van der Waals surface area contributed by atoms with E-state index in [2.05, 4.69) is 19.9 Å². The minimum atomic E-state index is -0.249. The van der Waals surface area contributed by atoms with Gasteiger partial charge in [0.05, 0.1) is 10.7 Å². The van der Waals surface area contributed by atoms with Crippen LogP contribution in [0.5, 0.6) is 0 Å². The van der Waals surface area contributed by atoms with Gasteiger partial charge in [-0.25, -0.2) is 0 Å². The highest BCUT2D eigenvalue weighted by molar-refractivity contribution is 7.81. The maximum absolute atomic E-state index is 12.4. The van der Waals surface area contributed by atoms with Crippen LogP contribution in [0, 0.1) is 12.8 Å². The van der Waals surface area contributed by atoms with Crippen LogP contribution in [0.4, 0.5) is 5.69 Å². The number of thiocarbonyl (C=S) groups is 1. The highest BCUT2D eigenvalue weighted by atomic mass is 32.1. The van der Waals surface area contributed by atoms with Crippen molar-refractivity contribution in [2.45, 2.75) is 40.0 Å². The Labute approximate surface area is 114 Å². The van der Waals surface area contributed by atoms with Gasteiger partial charge >= 0.3 is 0 Å². The molecular weight excluding hydrogens is 242 g/mol. The minimum Gasteiger partial charge on any atom is -0.274 e. The fourth-order valence-electron chi connectivity index (χ4n) is 2.42. The van der Waals surface area contributed by atoms with Crippen LogP contribution in [0.3, 0.4) is 0 Å². The number of aryl methyl sites for hydroxylation is 1. The summed E-state index contributed by atoms with van der Waals surface area (Å²) in [5.41, 5.74) is 3.00. The Balaban J connectivity index is 2.67. The smallest absolute Gasteiger partial charge is 0.234 e. The Morgan fingerprint density at radius 2 is 1.94 bits per heavy atom. The Kier molecular flexibility index (Phi) is 3.06. The second kappa shape index (κ2) is 4.16. The molecule has 18 heavy (non-hydrogen) atoms. The van der Waals surface area contributed by atoms with Crippen LogP contribution in [0.1, 0.15) is 38.8 Å². The molecule has 1 amide bonds. The zero-order chi connectivity index (χ0) is 13.7. The summed E-state index contributed by atoms with van der Waals surface area (Å²) in [4.78, 5) is 14.9. The third kappa shape index (κ3) is 1.69. The van der Waals surface area contributed by atoms with E-state index in [0.717, 1.165) is 16.8 Å². The molecule has 1 aliphatic heterocycles. The summed E-state index contributed by atoms with van der Waals surface area (Å²) in [5, 5.41) is 0. The van der Waals surface area contributed by atoms with E-state index in [1.165, 1.54) is 0 Å². The van der Waals surface area contributed by atoms with Gasteiger partial charge in [0, 0.05) is 11.3 Å². The quantitative estimate of drug-likeness (QED) is 0.720. The molecule has 0 radical (unpaired) electrons. The van der Waals surface area contributed by atoms with Gasteiger partial charge in [-0.3, -0.25) is 9.69 Å². The van der Waals surface area contributed by atoms with E-state index in [1.807, 2.05) is 32.9 Å². The molecule has 0 spiro atoms. The summed E-state index contributed by atoms with van der Waals surface area (Å²) in [6.07, 6.45) is 0. The molecule has 1 aliphatic rings. The average Bonchev–Trinajstić information content (AvgIpc) is 2.49. The number of amides is 1. The van der Waals surface area contributed by atoms with Gasteiger partial charge in [0.1, 0.15) is 0 Å². The molecule has 1 aromatic rings. The van der Waals surface area contributed by atoms with E-state index < -0.39 is 0 Å². The summed E-state index contributed by atoms with van der Waals surface area (Å²) < 4.78 is 0. The van der Waals surface area contributed by atoms with Crippen LogP contribution in [0.25, 0.3) is 0 Å². The van der Waals surface area contributed by atoms with Gasteiger partial charge in [0.25, 0.3) is 0 Å².